The number of hydrogen-bond acceptors (Lipinski definition) is 5. The molecule has 3 rings (SSSR count). The Labute approximate surface area is 178 Å². The third-order valence-electron chi connectivity index (χ3n) is 5.14. The number of guanidine groups is 1. The first kappa shape index (κ1) is 21.7. The van der Waals surface area contributed by atoms with E-state index in [0.717, 1.165) is 44.7 Å². The monoisotopic (exact) mass is 421 g/mol. The Balaban J connectivity index is 1.40. The molecule has 2 aliphatic rings. The smallest absolute Gasteiger partial charge is 0.410 e. The number of nitrogens with zero attached hydrogens (tertiary/aromatic N) is 3. The molecule has 1 amide bonds. The van der Waals surface area contributed by atoms with Gasteiger partial charge in [0.2, 0.25) is 0 Å². The highest BCUT2D eigenvalue weighted by molar-refractivity contribution is 7.14. The zero-order valence-electron chi connectivity index (χ0n) is 18.1. The Hall–Kier alpha value is -1.96. The fourth-order valence-corrected chi connectivity index (χ4v) is 4.29. The average molecular weight is 422 g/mol. The number of carbonyl (C=O) groups excluding carboxylic acids is 1. The van der Waals surface area contributed by atoms with Gasteiger partial charge in [0.15, 0.2) is 5.96 Å². The van der Waals surface area contributed by atoms with E-state index in [9.17, 15) is 4.79 Å². The van der Waals surface area contributed by atoms with Crippen molar-refractivity contribution >= 4 is 28.4 Å². The minimum atomic E-state index is -0.465. The lowest BCUT2D eigenvalue weighted by Crippen LogP contribution is -2.50. The summed E-state index contributed by atoms with van der Waals surface area (Å²) in [5.74, 6) is 0.805. The summed E-state index contributed by atoms with van der Waals surface area (Å²) in [4.78, 5) is 21.1. The fraction of sp³-hybridized carbons (Fsp3) is 0.714. The van der Waals surface area contributed by atoms with Crippen molar-refractivity contribution in [1.82, 2.24) is 15.5 Å². The normalized spacial score (nSPS) is 18.5. The number of thiophene rings is 1. The maximum Gasteiger partial charge on any atom is 0.410 e. The van der Waals surface area contributed by atoms with E-state index in [4.69, 9.17) is 4.74 Å². The highest BCUT2D eigenvalue weighted by Gasteiger charge is 2.34. The van der Waals surface area contributed by atoms with Crippen molar-refractivity contribution in [3.8, 4) is 0 Å². The molecule has 1 saturated heterocycles. The summed E-state index contributed by atoms with van der Waals surface area (Å²) in [5.41, 5.74) is -0.465. The SMILES string of the molecule is CN=C(NCCN(C(=O)OC(C)(C)C)C1CC1)NC1CCN(c2cccs2)CC1. The second-order valence-electron chi connectivity index (χ2n) is 8.76. The summed E-state index contributed by atoms with van der Waals surface area (Å²) in [6, 6.07) is 5.04. The van der Waals surface area contributed by atoms with Gasteiger partial charge in [-0.2, -0.15) is 0 Å². The molecule has 0 radical (unpaired) electrons. The number of piperidine rings is 1. The molecule has 162 valence electrons. The van der Waals surface area contributed by atoms with Crippen LogP contribution >= 0.6 is 11.3 Å². The molecule has 1 aliphatic carbocycles. The molecule has 0 bridgehead atoms. The van der Waals surface area contributed by atoms with Crippen LogP contribution in [0.25, 0.3) is 0 Å². The Morgan fingerprint density at radius 1 is 1.31 bits per heavy atom. The van der Waals surface area contributed by atoms with E-state index in [1.54, 1.807) is 18.4 Å². The minimum absolute atomic E-state index is 0.217. The molecule has 0 spiro atoms. The maximum atomic E-state index is 12.5. The van der Waals surface area contributed by atoms with Gasteiger partial charge in [-0.15, -0.1) is 11.3 Å². The van der Waals surface area contributed by atoms with Crippen molar-refractivity contribution in [1.29, 1.82) is 0 Å². The Kier molecular flexibility index (Phi) is 7.27. The molecule has 29 heavy (non-hydrogen) atoms. The lowest BCUT2D eigenvalue weighted by Gasteiger charge is -2.33. The second kappa shape index (κ2) is 9.69. The van der Waals surface area contributed by atoms with Gasteiger partial charge in [-0.25, -0.2) is 4.79 Å². The first-order valence-electron chi connectivity index (χ1n) is 10.6. The maximum absolute atomic E-state index is 12.5. The van der Waals surface area contributed by atoms with Gasteiger partial charge in [-0.05, 0) is 64.0 Å². The highest BCUT2D eigenvalue weighted by Crippen LogP contribution is 2.28. The first-order chi connectivity index (χ1) is 13.9. The van der Waals surface area contributed by atoms with Crippen LogP contribution in [0, 0.1) is 0 Å². The number of nitrogens with one attached hydrogen (secondary N) is 2. The average Bonchev–Trinajstić information content (AvgIpc) is 3.35. The van der Waals surface area contributed by atoms with E-state index < -0.39 is 5.60 Å². The zero-order chi connectivity index (χ0) is 20.9. The van der Waals surface area contributed by atoms with Crippen LogP contribution in [0.2, 0.25) is 0 Å². The molecule has 0 unspecified atom stereocenters. The van der Waals surface area contributed by atoms with E-state index in [2.05, 4.69) is 38.0 Å². The Morgan fingerprint density at radius 3 is 2.59 bits per heavy atom. The van der Waals surface area contributed by atoms with Gasteiger partial charge < -0.3 is 25.2 Å². The number of aliphatic imine (C=N–C) groups is 1. The van der Waals surface area contributed by atoms with E-state index in [-0.39, 0.29) is 6.09 Å². The van der Waals surface area contributed by atoms with Gasteiger partial charge in [-0.3, -0.25) is 4.99 Å². The molecule has 1 saturated carbocycles. The van der Waals surface area contributed by atoms with Crippen molar-refractivity contribution in [2.75, 3.05) is 38.1 Å². The van der Waals surface area contributed by atoms with Crippen LogP contribution in [0.3, 0.4) is 0 Å². The molecule has 1 aromatic rings. The standard InChI is InChI=1S/C21H35N5O2S/c1-21(2,3)28-20(27)26(17-7-8-17)14-11-23-19(22-4)24-16-9-12-25(13-10-16)18-6-5-15-29-18/h5-6,15-17H,7-14H2,1-4H3,(H2,22,23,24). The van der Waals surface area contributed by atoms with Crippen LogP contribution in [0.1, 0.15) is 46.5 Å². The van der Waals surface area contributed by atoms with Gasteiger partial charge in [-0.1, -0.05) is 0 Å². The van der Waals surface area contributed by atoms with Crippen molar-refractivity contribution in [2.45, 2.75) is 64.1 Å². The quantitative estimate of drug-likeness (QED) is 0.545. The van der Waals surface area contributed by atoms with Crippen molar-refractivity contribution in [3.63, 3.8) is 0 Å². The largest absolute Gasteiger partial charge is 0.444 e. The molecular formula is C21H35N5O2S. The van der Waals surface area contributed by atoms with E-state index in [1.165, 1.54) is 5.00 Å². The summed E-state index contributed by atoms with van der Waals surface area (Å²) in [6.07, 6.45) is 4.09. The number of carbonyl (C=O) groups is 1. The highest BCUT2D eigenvalue weighted by atomic mass is 32.1. The Morgan fingerprint density at radius 2 is 2.03 bits per heavy atom. The number of rotatable bonds is 6. The van der Waals surface area contributed by atoms with Crippen molar-refractivity contribution in [2.24, 2.45) is 4.99 Å². The number of hydrogen-bond donors (Lipinski definition) is 2. The lowest BCUT2D eigenvalue weighted by molar-refractivity contribution is 0.0238. The zero-order valence-corrected chi connectivity index (χ0v) is 18.9. The lowest BCUT2D eigenvalue weighted by atomic mass is 10.1. The molecule has 8 heteroatoms. The van der Waals surface area contributed by atoms with E-state index in [0.29, 0.717) is 25.2 Å². The van der Waals surface area contributed by atoms with Crippen LogP contribution < -0.4 is 15.5 Å². The molecule has 2 fully saturated rings. The predicted octanol–water partition coefficient (Wildman–Crippen LogP) is 3.28. The molecule has 1 aromatic heterocycles. The summed E-state index contributed by atoms with van der Waals surface area (Å²) in [5, 5.41) is 10.4. The fourth-order valence-electron chi connectivity index (χ4n) is 3.51. The number of anilines is 1. The van der Waals surface area contributed by atoms with Crippen LogP contribution in [-0.2, 0) is 4.74 Å². The van der Waals surface area contributed by atoms with E-state index in [1.807, 2.05) is 25.7 Å². The predicted molar refractivity (Wildman–Crippen MR) is 120 cm³/mol. The molecule has 7 nitrogen and oxygen atoms in total. The van der Waals surface area contributed by atoms with Crippen LogP contribution in [-0.4, -0.2) is 67.9 Å². The van der Waals surface area contributed by atoms with E-state index >= 15 is 0 Å². The molecule has 0 atom stereocenters. The van der Waals surface area contributed by atoms with Crippen LogP contribution in [0.5, 0.6) is 0 Å². The summed E-state index contributed by atoms with van der Waals surface area (Å²) in [6.45, 7) is 9.12. The molecule has 2 heterocycles. The third kappa shape index (κ3) is 6.80. The van der Waals surface area contributed by atoms with Crippen molar-refractivity contribution < 1.29 is 9.53 Å². The second-order valence-corrected chi connectivity index (χ2v) is 9.69. The van der Waals surface area contributed by atoms with Crippen molar-refractivity contribution in [3.05, 3.63) is 17.5 Å². The number of ether oxygens (including phenoxy) is 1. The summed E-state index contributed by atoms with van der Waals surface area (Å²) in [7, 11) is 1.79. The third-order valence-corrected chi connectivity index (χ3v) is 6.07. The summed E-state index contributed by atoms with van der Waals surface area (Å²) >= 11 is 1.80. The van der Waals surface area contributed by atoms with Gasteiger partial charge in [0, 0.05) is 45.3 Å². The Bertz CT molecular complexity index is 674. The molecular weight excluding hydrogens is 386 g/mol. The van der Waals surface area contributed by atoms with Crippen LogP contribution in [0.15, 0.2) is 22.5 Å². The van der Waals surface area contributed by atoms with Gasteiger partial charge >= 0.3 is 6.09 Å². The first-order valence-corrected chi connectivity index (χ1v) is 11.5. The molecule has 2 N–H and O–H groups in total. The number of amides is 1. The van der Waals surface area contributed by atoms with Gasteiger partial charge in [0.05, 0.1) is 5.00 Å². The van der Waals surface area contributed by atoms with Gasteiger partial charge in [0.1, 0.15) is 5.60 Å². The topological polar surface area (TPSA) is 69.2 Å². The minimum Gasteiger partial charge on any atom is -0.444 e. The van der Waals surface area contributed by atoms with Gasteiger partial charge in [0.25, 0.3) is 0 Å². The molecule has 1 aliphatic heterocycles. The molecule has 0 aromatic carbocycles. The van der Waals surface area contributed by atoms with Crippen LogP contribution in [0.4, 0.5) is 9.80 Å². The summed E-state index contributed by atoms with van der Waals surface area (Å²) < 4.78 is 5.56.